The highest BCUT2D eigenvalue weighted by Crippen LogP contribution is 2.43. The number of allylic oxidation sites excluding steroid dienone is 8. The number of ether oxygens (including phenoxy) is 2. The Labute approximate surface area is 343 Å². The highest BCUT2D eigenvalue weighted by Gasteiger charge is 2.26. The van der Waals surface area contributed by atoms with Gasteiger partial charge in [0.2, 0.25) is 0 Å². The van der Waals surface area contributed by atoms with Crippen molar-refractivity contribution in [1.29, 1.82) is 0 Å². The molecule has 0 aromatic carbocycles. The number of esters is 2. The van der Waals surface area contributed by atoms with Crippen LogP contribution in [0.4, 0.5) is 0 Å². The molecule has 0 bridgehead atoms. The Kier molecular flexibility index (Phi) is 30.8. The SMILES string of the molecule is CCCCCC(=O)/C=C/C=C\C/C=C\C/C=C\CCCC(=O)OC[C@H](COP(=O)(O)OCCN)OC(=O)CCCCCCCCc1oc(CCCCC)c(C)c1C. The second kappa shape index (κ2) is 33.8. The lowest BCUT2D eigenvalue weighted by Gasteiger charge is -2.19. The van der Waals surface area contributed by atoms with Crippen molar-refractivity contribution in [3.8, 4) is 0 Å². The Morgan fingerprint density at radius 2 is 1.28 bits per heavy atom. The molecule has 1 rings (SSSR count). The number of phosphoric ester groups is 1. The fourth-order valence-electron chi connectivity index (χ4n) is 5.88. The van der Waals surface area contributed by atoms with Gasteiger partial charge in [0, 0.05) is 38.6 Å². The predicted molar refractivity (Wildman–Crippen MR) is 228 cm³/mol. The van der Waals surface area contributed by atoms with Gasteiger partial charge in [-0.3, -0.25) is 23.4 Å². The number of carbonyl (C=O) groups excluding carboxylic acids is 3. The van der Waals surface area contributed by atoms with Gasteiger partial charge in [0.05, 0.1) is 13.2 Å². The highest BCUT2D eigenvalue weighted by atomic mass is 31.2. The standard InChI is InChI=1S/C45H74NO10P/c1-5-7-22-28-40(47)29-24-18-14-12-10-9-11-13-15-20-26-32-44(48)52-36-41(37-54-57(50,51)53-35-34-46)55-45(49)33-27-21-17-16-19-25-31-43-39(4)38(3)42(56-43)30-23-8-6-2/h9-10,13-15,18,24,29,41H,5-8,11-12,16-17,19-23,25-28,30-37,46H2,1-4H3,(H,50,51)/b10-9-,15-13-,18-14-,29-24+/t41-/m1/s1. The number of aryl methyl sites for hydroxylation is 2. The van der Waals surface area contributed by atoms with Crippen molar-refractivity contribution in [3.05, 3.63) is 71.3 Å². The average Bonchev–Trinajstić information content (AvgIpc) is 3.45. The summed E-state index contributed by atoms with van der Waals surface area (Å²) in [4.78, 5) is 46.7. The Bertz CT molecular complexity index is 1410. The van der Waals surface area contributed by atoms with Crippen LogP contribution in [-0.4, -0.2) is 55.1 Å². The van der Waals surface area contributed by atoms with Crippen LogP contribution in [0.1, 0.15) is 158 Å². The van der Waals surface area contributed by atoms with Crippen LogP contribution in [0.2, 0.25) is 0 Å². The Morgan fingerprint density at radius 3 is 1.96 bits per heavy atom. The third-order valence-corrected chi connectivity index (χ3v) is 10.4. The molecular weight excluding hydrogens is 745 g/mol. The predicted octanol–water partition coefficient (Wildman–Crippen LogP) is 10.8. The van der Waals surface area contributed by atoms with E-state index in [4.69, 9.17) is 28.7 Å². The maximum Gasteiger partial charge on any atom is 0.472 e. The minimum absolute atomic E-state index is 0.0268. The summed E-state index contributed by atoms with van der Waals surface area (Å²) in [6, 6.07) is 0. The first-order valence-electron chi connectivity index (χ1n) is 21.4. The lowest BCUT2D eigenvalue weighted by molar-refractivity contribution is -0.161. The van der Waals surface area contributed by atoms with Crippen LogP contribution in [0.5, 0.6) is 0 Å². The molecule has 324 valence electrons. The van der Waals surface area contributed by atoms with Crippen molar-refractivity contribution in [2.75, 3.05) is 26.4 Å². The van der Waals surface area contributed by atoms with Gasteiger partial charge >= 0.3 is 19.8 Å². The van der Waals surface area contributed by atoms with Crippen LogP contribution >= 0.6 is 7.82 Å². The third-order valence-electron chi connectivity index (χ3n) is 9.40. The van der Waals surface area contributed by atoms with Gasteiger partial charge in [0.25, 0.3) is 0 Å². The van der Waals surface area contributed by atoms with Gasteiger partial charge in [-0.2, -0.15) is 0 Å². The summed E-state index contributed by atoms with van der Waals surface area (Å²) >= 11 is 0. The minimum Gasteiger partial charge on any atom is -0.466 e. The number of unbranched alkanes of at least 4 members (excludes halogenated alkanes) is 10. The van der Waals surface area contributed by atoms with E-state index in [2.05, 4.69) is 39.8 Å². The smallest absolute Gasteiger partial charge is 0.466 e. The van der Waals surface area contributed by atoms with E-state index >= 15 is 0 Å². The number of hydrogen-bond acceptors (Lipinski definition) is 10. The molecule has 12 heteroatoms. The summed E-state index contributed by atoms with van der Waals surface area (Å²) in [5, 5.41) is 0. The zero-order chi connectivity index (χ0) is 42.0. The lowest BCUT2D eigenvalue weighted by Crippen LogP contribution is -2.29. The molecular formula is C45H74NO10P. The summed E-state index contributed by atoms with van der Waals surface area (Å²) in [7, 11) is -4.42. The maximum absolute atomic E-state index is 12.7. The fraction of sp³-hybridized carbons (Fsp3) is 0.667. The van der Waals surface area contributed by atoms with Gasteiger partial charge in [-0.1, -0.05) is 108 Å². The van der Waals surface area contributed by atoms with Crippen LogP contribution in [0, 0.1) is 13.8 Å². The van der Waals surface area contributed by atoms with E-state index in [1.54, 1.807) is 12.2 Å². The van der Waals surface area contributed by atoms with Gasteiger partial charge in [0.15, 0.2) is 11.9 Å². The van der Waals surface area contributed by atoms with Gasteiger partial charge in [-0.15, -0.1) is 0 Å². The average molecular weight is 820 g/mol. The number of nitrogens with two attached hydrogens (primary N) is 1. The first-order chi connectivity index (χ1) is 27.5. The zero-order valence-electron chi connectivity index (χ0n) is 35.5. The largest absolute Gasteiger partial charge is 0.472 e. The van der Waals surface area contributed by atoms with E-state index in [0.29, 0.717) is 25.7 Å². The van der Waals surface area contributed by atoms with Gasteiger partial charge in [0.1, 0.15) is 18.1 Å². The molecule has 0 saturated carbocycles. The molecule has 1 aromatic heterocycles. The number of phosphoric acid groups is 1. The topological polar surface area (TPSA) is 165 Å². The second-order valence-electron chi connectivity index (χ2n) is 14.5. The van der Waals surface area contributed by atoms with Crippen LogP contribution in [0.25, 0.3) is 0 Å². The highest BCUT2D eigenvalue weighted by molar-refractivity contribution is 7.47. The van der Waals surface area contributed by atoms with Gasteiger partial charge in [-0.05, 0) is 82.4 Å². The Morgan fingerprint density at radius 1 is 0.702 bits per heavy atom. The number of ketones is 1. The van der Waals surface area contributed by atoms with Crippen molar-refractivity contribution in [2.45, 2.75) is 169 Å². The van der Waals surface area contributed by atoms with Gasteiger partial charge in [-0.25, -0.2) is 4.57 Å². The Balaban J connectivity index is 2.35. The molecule has 0 aliphatic heterocycles. The summed E-state index contributed by atoms with van der Waals surface area (Å²) < 4.78 is 38.9. The molecule has 0 radical (unpaired) electrons. The van der Waals surface area contributed by atoms with E-state index < -0.39 is 32.5 Å². The van der Waals surface area contributed by atoms with Crippen molar-refractivity contribution < 1.29 is 46.8 Å². The molecule has 0 amide bonds. The maximum atomic E-state index is 12.7. The number of rotatable bonds is 36. The summed E-state index contributed by atoms with van der Waals surface area (Å²) in [6.45, 7) is 7.70. The van der Waals surface area contributed by atoms with Crippen LogP contribution in [0.3, 0.4) is 0 Å². The first-order valence-corrected chi connectivity index (χ1v) is 22.9. The molecule has 1 unspecified atom stereocenters. The monoisotopic (exact) mass is 820 g/mol. The molecule has 2 atom stereocenters. The molecule has 0 aliphatic carbocycles. The molecule has 0 aliphatic rings. The molecule has 1 heterocycles. The van der Waals surface area contributed by atoms with Crippen molar-refractivity contribution in [3.63, 3.8) is 0 Å². The summed E-state index contributed by atoms with van der Waals surface area (Å²) in [5.74, 6) is 1.45. The number of hydrogen-bond donors (Lipinski definition) is 2. The summed E-state index contributed by atoms with van der Waals surface area (Å²) in [6.07, 6.45) is 32.5. The molecule has 11 nitrogen and oxygen atoms in total. The zero-order valence-corrected chi connectivity index (χ0v) is 36.4. The van der Waals surface area contributed by atoms with E-state index in [1.165, 1.54) is 24.0 Å². The molecule has 57 heavy (non-hydrogen) atoms. The molecule has 0 spiro atoms. The molecule has 1 aromatic rings. The first kappa shape index (κ1) is 51.9. The van der Waals surface area contributed by atoms with Crippen molar-refractivity contribution in [2.24, 2.45) is 5.73 Å². The van der Waals surface area contributed by atoms with Crippen LogP contribution in [-0.2, 0) is 50.3 Å². The number of furan rings is 1. The van der Waals surface area contributed by atoms with E-state index in [-0.39, 0.29) is 38.4 Å². The van der Waals surface area contributed by atoms with E-state index in [1.807, 2.05) is 24.3 Å². The summed E-state index contributed by atoms with van der Waals surface area (Å²) in [5.41, 5.74) is 7.92. The lowest BCUT2D eigenvalue weighted by atomic mass is 10.0. The van der Waals surface area contributed by atoms with Gasteiger partial charge < -0.3 is 24.5 Å². The minimum atomic E-state index is -4.42. The van der Waals surface area contributed by atoms with E-state index in [0.717, 1.165) is 95.0 Å². The van der Waals surface area contributed by atoms with E-state index in [9.17, 15) is 23.8 Å². The third kappa shape index (κ3) is 28.1. The molecule has 0 saturated heterocycles. The Hall–Kier alpha value is -3.08. The normalized spacial score (nSPS) is 13.6. The van der Waals surface area contributed by atoms with Crippen LogP contribution in [0.15, 0.2) is 53.0 Å². The quantitative estimate of drug-likeness (QED) is 0.0165. The second-order valence-corrected chi connectivity index (χ2v) is 15.9. The van der Waals surface area contributed by atoms with Crippen LogP contribution < -0.4 is 5.73 Å². The number of carbonyl (C=O) groups is 3. The fourth-order valence-corrected chi connectivity index (χ4v) is 6.64. The molecule has 3 N–H and O–H groups in total. The van der Waals surface area contributed by atoms with Crippen molar-refractivity contribution in [1.82, 2.24) is 0 Å². The van der Waals surface area contributed by atoms with Crippen molar-refractivity contribution >= 4 is 25.5 Å². The molecule has 0 fully saturated rings.